The van der Waals surface area contributed by atoms with Gasteiger partial charge in [-0.25, -0.2) is 0 Å². The van der Waals surface area contributed by atoms with E-state index in [1.54, 1.807) is 11.8 Å². The summed E-state index contributed by atoms with van der Waals surface area (Å²) in [6, 6.07) is 0. The molecular weight excluding hydrogens is 174 g/mol. The topological polar surface area (TPSA) is 3.24 Å². The van der Waals surface area contributed by atoms with Crippen LogP contribution in [-0.4, -0.2) is 28.1 Å². The molecule has 0 N–H and O–H groups in total. The smallest absolute Gasteiger partial charge is 0.136 e. The Bertz CT molecular complexity index is 111. The maximum absolute atomic E-state index is 5.23. The van der Waals surface area contributed by atoms with E-state index < -0.39 is 0 Å². The second-order valence-electron chi connectivity index (χ2n) is 2.29. The van der Waals surface area contributed by atoms with Gasteiger partial charge in [0, 0.05) is 13.1 Å². The van der Waals surface area contributed by atoms with Gasteiger partial charge in [-0.1, -0.05) is 30.9 Å². The Kier molecular flexibility index (Phi) is 7.07. The summed E-state index contributed by atoms with van der Waals surface area (Å²) in [6.45, 7) is 8.53. The lowest BCUT2D eigenvalue weighted by molar-refractivity contribution is 0.482. The first-order valence-corrected chi connectivity index (χ1v) is 5.57. The van der Waals surface area contributed by atoms with Crippen LogP contribution in [0.4, 0.5) is 0 Å². The SMILES string of the molecule is CCCSC(=S)N(CC)CC. The number of rotatable bonds is 4. The summed E-state index contributed by atoms with van der Waals surface area (Å²) in [5, 5.41) is 0. The van der Waals surface area contributed by atoms with Crippen molar-refractivity contribution in [2.75, 3.05) is 18.8 Å². The number of thiocarbonyl (C=S) groups is 1. The van der Waals surface area contributed by atoms with Gasteiger partial charge in [0.15, 0.2) is 0 Å². The molecule has 0 spiro atoms. The zero-order chi connectivity index (χ0) is 8.69. The van der Waals surface area contributed by atoms with Crippen LogP contribution in [-0.2, 0) is 0 Å². The van der Waals surface area contributed by atoms with E-state index in [9.17, 15) is 0 Å². The van der Waals surface area contributed by atoms with Crippen LogP contribution >= 0.6 is 24.0 Å². The van der Waals surface area contributed by atoms with Gasteiger partial charge >= 0.3 is 0 Å². The molecule has 0 aromatic rings. The Hall–Kier alpha value is 0.240. The lowest BCUT2D eigenvalue weighted by Gasteiger charge is -2.20. The Morgan fingerprint density at radius 2 is 1.82 bits per heavy atom. The molecule has 0 atom stereocenters. The van der Waals surface area contributed by atoms with E-state index in [1.165, 1.54) is 6.42 Å². The molecule has 3 heteroatoms. The number of nitrogens with zero attached hydrogens (tertiary/aromatic N) is 1. The Morgan fingerprint density at radius 3 is 2.18 bits per heavy atom. The minimum atomic E-state index is 1.03. The van der Waals surface area contributed by atoms with Crippen molar-refractivity contribution in [2.24, 2.45) is 0 Å². The molecule has 0 fully saturated rings. The third-order valence-electron chi connectivity index (χ3n) is 1.45. The van der Waals surface area contributed by atoms with Crippen molar-refractivity contribution in [3.8, 4) is 0 Å². The van der Waals surface area contributed by atoms with Gasteiger partial charge in [0.05, 0.1) is 0 Å². The molecule has 0 amide bonds. The summed E-state index contributed by atoms with van der Waals surface area (Å²) in [6.07, 6.45) is 1.20. The molecule has 0 aromatic carbocycles. The highest BCUT2D eigenvalue weighted by atomic mass is 32.2. The number of hydrogen-bond acceptors (Lipinski definition) is 2. The highest BCUT2D eigenvalue weighted by Gasteiger charge is 2.03. The van der Waals surface area contributed by atoms with E-state index in [2.05, 4.69) is 25.7 Å². The van der Waals surface area contributed by atoms with Crippen LogP contribution in [0.5, 0.6) is 0 Å². The first kappa shape index (κ1) is 11.2. The molecule has 0 aliphatic rings. The van der Waals surface area contributed by atoms with Crippen LogP contribution in [0.1, 0.15) is 27.2 Å². The van der Waals surface area contributed by atoms with Crippen LogP contribution in [0.25, 0.3) is 0 Å². The maximum atomic E-state index is 5.23. The highest BCUT2D eigenvalue weighted by Crippen LogP contribution is 2.09. The molecule has 0 saturated carbocycles. The number of hydrogen-bond donors (Lipinski definition) is 0. The predicted octanol–water partition coefficient (Wildman–Crippen LogP) is 2.76. The molecule has 11 heavy (non-hydrogen) atoms. The molecular formula is C8H17NS2. The summed E-state index contributed by atoms with van der Waals surface area (Å²) >= 11 is 7.02. The van der Waals surface area contributed by atoms with E-state index in [1.807, 2.05) is 0 Å². The van der Waals surface area contributed by atoms with Crippen molar-refractivity contribution in [3.63, 3.8) is 0 Å². The van der Waals surface area contributed by atoms with E-state index >= 15 is 0 Å². The Morgan fingerprint density at radius 1 is 1.27 bits per heavy atom. The summed E-state index contributed by atoms with van der Waals surface area (Å²) in [4.78, 5) is 2.22. The van der Waals surface area contributed by atoms with Crippen molar-refractivity contribution >= 4 is 28.3 Å². The summed E-state index contributed by atoms with van der Waals surface area (Å²) in [5.41, 5.74) is 0. The fraction of sp³-hybridized carbons (Fsp3) is 0.875. The van der Waals surface area contributed by atoms with Gasteiger partial charge in [0.1, 0.15) is 4.32 Å². The van der Waals surface area contributed by atoms with Crippen LogP contribution in [0, 0.1) is 0 Å². The lowest BCUT2D eigenvalue weighted by Crippen LogP contribution is -2.26. The minimum Gasteiger partial charge on any atom is -0.358 e. The summed E-state index contributed by atoms with van der Waals surface area (Å²) in [7, 11) is 0. The van der Waals surface area contributed by atoms with Gasteiger partial charge in [0.25, 0.3) is 0 Å². The fourth-order valence-corrected chi connectivity index (χ4v) is 2.09. The average Bonchev–Trinajstić information content (AvgIpc) is 2.03. The first-order valence-electron chi connectivity index (χ1n) is 4.17. The number of thioether (sulfide) groups is 1. The first-order chi connectivity index (χ1) is 5.26. The van der Waals surface area contributed by atoms with Gasteiger partial charge in [0.2, 0.25) is 0 Å². The van der Waals surface area contributed by atoms with Crippen molar-refractivity contribution < 1.29 is 0 Å². The van der Waals surface area contributed by atoms with Crippen molar-refractivity contribution in [2.45, 2.75) is 27.2 Å². The van der Waals surface area contributed by atoms with Gasteiger partial charge in [-0.15, -0.1) is 0 Å². The molecule has 0 aliphatic heterocycles. The molecule has 0 rings (SSSR count). The van der Waals surface area contributed by atoms with Crippen molar-refractivity contribution in [3.05, 3.63) is 0 Å². The van der Waals surface area contributed by atoms with Crippen LogP contribution in [0.3, 0.4) is 0 Å². The third-order valence-corrected chi connectivity index (χ3v) is 3.18. The average molecular weight is 191 g/mol. The molecule has 0 radical (unpaired) electrons. The quantitative estimate of drug-likeness (QED) is 0.629. The standard InChI is InChI=1S/C8H17NS2/c1-4-7-11-8(10)9(5-2)6-3/h4-7H2,1-3H3. The summed E-state index contributed by atoms with van der Waals surface area (Å²) < 4.78 is 1.05. The molecule has 0 saturated heterocycles. The third kappa shape index (κ3) is 4.64. The van der Waals surface area contributed by atoms with Gasteiger partial charge in [-0.3, -0.25) is 0 Å². The van der Waals surface area contributed by atoms with Gasteiger partial charge in [-0.05, 0) is 26.0 Å². The van der Waals surface area contributed by atoms with E-state index in [-0.39, 0.29) is 0 Å². The van der Waals surface area contributed by atoms with Crippen molar-refractivity contribution in [1.82, 2.24) is 4.90 Å². The van der Waals surface area contributed by atoms with Gasteiger partial charge in [-0.2, -0.15) is 0 Å². The van der Waals surface area contributed by atoms with Crippen LogP contribution < -0.4 is 0 Å². The Balaban J connectivity index is 3.61. The monoisotopic (exact) mass is 191 g/mol. The molecule has 66 valence electrons. The van der Waals surface area contributed by atoms with E-state index in [0.29, 0.717) is 0 Å². The second kappa shape index (κ2) is 6.92. The lowest BCUT2D eigenvalue weighted by atomic mass is 10.6. The fourth-order valence-electron chi connectivity index (χ4n) is 0.762. The maximum Gasteiger partial charge on any atom is 0.136 e. The van der Waals surface area contributed by atoms with Crippen molar-refractivity contribution in [1.29, 1.82) is 0 Å². The molecule has 0 unspecified atom stereocenters. The molecule has 1 nitrogen and oxygen atoms in total. The second-order valence-corrected chi connectivity index (χ2v) is 4.02. The van der Waals surface area contributed by atoms with Gasteiger partial charge < -0.3 is 4.90 Å². The largest absolute Gasteiger partial charge is 0.358 e. The molecule has 0 aliphatic carbocycles. The highest BCUT2D eigenvalue weighted by molar-refractivity contribution is 8.22. The van der Waals surface area contributed by atoms with Crippen LogP contribution in [0.2, 0.25) is 0 Å². The normalized spacial score (nSPS) is 9.73. The zero-order valence-electron chi connectivity index (χ0n) is 7.59. The van der Waals surface area contributed by atoms with Crippen LogP contribution in [0.15, 0.2) is 0 Å². The molecule has 0 bridgehead atoms. The van der Waals surface area contributed by atoms with E-state index in [4.69, 9.17) is 12.2 Å². The zero-order valence-corrected chi connectivity index (χ0v) is 9.23. The molecule has 0 aromatic heterocycles. The van der Waals surface area contributed by atoms with E-state index in [0.717, 1.165) is 23.2 Å². The minimum absolute atomic E-state index is 1.03. The summed E-state index contributed by atoms with van der Waals surface area (Å²) in [5.74, 6) is 1.15. The Labute approximate surface area is 79.5 Å². The predicted molar refractivity (Wildman–Crippen MR) is 58.3 cm³/mol. The molecule has 0 heterocycles.